The third-order valence-corrected chi connectivity index (χ3v) is 3.69. The Morgan fingerprint density at radius 3 is 2.58 bits per heavy atom. The van der Waals surface area contributed by atoms with E-state index in [9.17, 15) is 17.2 Å². The second-order valence-electron chi connectivity index (χ2n) is 4.66. The summed E-state index contributed by atoms with van der Waals surface area (Å²) in [6.07, 6.45) is 2.12. The molecular formula is C13H19F2NO2S. The molecule has 1 aromatic carbocycles. The minimum absolute atomic E-state index is 0.0943. The molecule has 0 spiro atoms. The van der Waals surface area contributed by atoms with E-state index in [1.807, 2.05) is 6.92 Å². The van der Waals surface area contributed by atoms with Gasteiger partial charge in [0.15, 0.2) is 11.6 Å². The molecule has 0 aliphatic carbocycles. The molecule has 1 N–H and O–H groups in total. The van der Waals surface area contributed by atoms with Crippen LogP contribution in [0.3, 0.4) is 0 Å². The first-order valence-electron chi connectivity index (χ1n) is 6.17. The molecular weight excluding hydrogens is 272 g/mol. The predicted molar refractivity (Wildman–Crippen MR) is 71.9 cm³/mol. The second kappa shape index (κ2) is 6.96. The van der Waals surface area contributed by atoms with Crippen LogP contribution in [-0.2, 0) is 16.3 Å². The lowest BCUT2D eigenvalue weighted by Crippen LogP contribution is -2.38. The van der Waals surface area contributed by atoms with Crippen LogP contribution in [-0.4, -0.2) is 33.0 Å². The van der Waals surface area contributed by atoms with Gasteiger partial charge in [0.1, 0.15) is 9.84 Å². The first-order valence-corrected chi connectivity index (χ1v) is 8.23. The van der Waals surface area contributed by atoms with Gasteiger partial charge in [0.25, 0.3) is 0 Å². The van der Waals surface area contributed by atoms with Crippen molar-refractivity contribution < 1.29 is 17.2 Å². The summed E-state index contributed by atoms with van der Waals surface area (Å²) in [6, 6.07) is 3.53. The van der Waals surface area contributed by atoms with Gasteiger partial charge in [-0.05, 0) is 31.0 Å². The largest absolute Gasteiger partial charge is 0.313 e. The maximum atomic E-state index is 13.6. The fraction of sp³-hybridized carbons (Fsp3) is 0.538. The van der Waals surface area contributed by atoms with Gasteiger partial charge in [-0.2, -0.15) is 0 Å². The van der Waals surface area contributed by atoms with Crippen molar-refractivity contribution in [3.05, 3.63) is 35.4 Å². The van der Waals surface area contributed by atoms with Crippen LogP contribution in [0.25, 0.3) is 0 Å². The number of sulfone groups is 1. The molecule has 19 heavy (non-hydrogen) atoms. The van der Waals surface area contributed by atoms with Gasteiger partial charge in [-0.15, -0.1) is 0 Å². The summed E-state index contributed by atoms with van der Waals surface area (Å²) in [6.45, 7) is 2.59. The Morgan fingerprint density at radius 2 is 2.00 bits per heavy atom. The molecule has 0 saturated carbocycles. The van der Waals surface area contributed by atoms with Crippen LogP contribution in [0.4, 0.5) is 8.78 Å². The van der Waals surface area contributed by atoms with Crippen molar-refractivity contribution in [2.75, 3.05) is 18.6 Å². The Morgan fingerprint density at radius 1 is 1.32 bits per heavy atom. The lowest BCUT2D eigenvalue weighted by molar-refractivity contribution is 0.480. The van der Waals surface area contributed by atoms with Gasteiger partial charge < -0.3 is 5.32 Å². The molecule has 0 aliphatic rings. The Balaban J connectivity index is 2.84. The Hall–Kier alpha value is -1.01. The summed E-state index contributed by atoms with van der Waals surface area (Å²) in [5.74, 6) is -1.91. The fourth-order valence-corrected chi connectivity index (χ4v) is 2.84. The molecule has 0 amide bonds. The van der Waals surface area contributed by atoms with Crippen molar-refractivity contribution in [1.29, 1.82) is 0 Å². The van der Waals surface area contributed by atoms with Crippen molar-refractivity contribution in [2.45, 2.75) is 25.8 Å². The molecule has 1 atom stereocenters. The third-order valence-electron chi connectivity index (χ3n) is 2.68. The zero-order chi connectivity index (χ0) is 14.5. The zero-order valence-corrected chi connectivity index (χ0v) is 11.9. The summed E-state index contributed by atoms with van der Waals surface area (Å²) in [5.41, 5.74) is 0.192. The number of rotatable bonds is 7. The normalized spacial score (nSPS) is 13.5. The summed E-state index contributed by atoms with van der Waals surface area (Å²) < 4.78 is 49.3. The molecule has 1 aromatic rings. The SMILES string of the molecule is CCCNC(Cc1cccc(F)c1F)CS(C)(=O)=O. The molecule has 1 rings (SSSR count). The standard InChI is InChI=1S/C13H19F2NO2S/c1-3-7-16-11(9-19(2,17)18)8-10-5-4-6-12(14)13(10)15/h4-6,11,16H,3,7-9H2,1-2H3. The van der Waals surface area contributed by atoms with E-state index >= 15 is 0 Å². The average Bonchev–Trinajstić information content (AvgIpc) is 2.30. The van der Waals surface area contributed by atoms with Gasteiger partial charge >= 0.3 is 0 Å². The molecule has 0 aromatic heterocycles. The highest BCUT2D eigenvalue weighted by Gasteiger charge is 2.18. The first-order chi connectivity index (χ1) is 8.83. The predicted octanol–water partition coefficient (Wildman–Crippen LogP) is 1.92. The number of benzene rings is 1. The van der Waals surface area contributed by atoms with Crippen LogP contribution < -0.4 is 5.32 Å². The van der Waals surface area contributed by atoms with Crippen molar-refractivity contribution >= 4 is 9.84 Å². The van der Waals surface area contributed by atoms with Gasteiger partial charge in [0, 0.05) is 12.3 Å². The summed E-state index contributed by atoms with van der Waals surface area (Å²) >= 11 is 0. The fourth-order valence-electron chi connectivity index (χ4n) is 1.88. The maximum Gasteiger partial charge on any atom is 0.162 e. The van der Waals surface area contributed by atoms with Crippen LogP contribution in [0.5, 0.6) is 0 Å². The molecule has 0 fully saturated rings. The van der Waals surface area contributed by atoms with Crippen molar-refractivity contribution in [3.63, 3.8) is 0 Å². The topological polar surface area (TPSA) is 46.2 Å². The smallest absolute Gasteiger partial charge is 0.162 e. The van der Waals surface area contributed by atoms with Crippen LogP contribution in [0.1, 0.15) is 18.9 Å². The minimum atomic E-state index is -3.18. The molecule has 0 saturated heterocycles. The number of hydrogen-bond donors (Lipinski definition) is 1. The maximum absolute atomic E-state index is 13.6. The Kier molecular flexibility index (Phi) is 5.87. The van der Waals surface area contributed by atoms with E-state index in [0.29, 0.717) is 6.54 Å². The Bertz CT molecular complexity index is 517. The third kappa shape index (κ3) is 5.65. The summed E-state index contributed by atoms with van der Waals surface area (Å²) in [4.78, 5) is 0. The first kappa shape index (κ1) is 16.0. The van der Waals surface area contributed by atoms with E-state index in [-0.39, 0.29) is 17.7 Å². The van der Waals surface area contributed by atoms with E-state index in [1.54, 1.807) is 0 Å². The molecule has 0 heterocycles. The van der Waals surface area contributed by atoms with E-state index < -0.39 is 27.5 Å². The van der Waals surface area contributed by atoms with E-state index in [2.05, 4.69) is 5.32 Å². The van der Waals surface area contributed by atoms with Gasteiger partial charge in [0.2, 0.25) is 0 Å². The highest BCUT2D eigenvalue weighted by atomic mass is 32.2. The average molecular weight is 291 g/mol. The quantitative estimate of drug-likeness (QED) is 0.835. The van der Waals surface area contributed by atoms with Crippen LogP contribution in [0, 0.1) is 11.6 Å². The number of halogens is 2. The van der Waals surface area contributed by atoms with E-state index in [1.165, 1.54) is 12.1 Å². The summed E-state index contributed by atoms with van der Waals surface area (Å²) in [7, 11) is -3.18. The summed E-state index contributed by atoms with van der Waals surface area (Å²) in [5, 5.41) is 3.05. The van der Waals surface area contributed by atoms with Gasteiger partial charge in [-0.25, -0.2) is 17.2 Å². The van der Waals surface area contributed by atoms with Gasteiger partial charge in [0.05, 0.1) is 5.75 Å². The van der Waals surface area contributed by atoms with Crippen LogP contribution in [0.2, 0.25) is 0 Å². The molecule has 3 nitrogen and oxygen atoms in total. The van der Waals surface area contributed by atoms with Crippen LogP contribution in [0.15, 0.2) is 18.2 Å². The Labute approximate surface area is 112 Å². The molecule has 0 aliphatic heterocycles. The molecule has 108 valence electrons. The highest BCUT2D eigenvalue weighted by molar-refractivity contribution is 7.90. The highest BCUT2D eigenvalue weighted by Crippen LogP contribution is 2.14. The zero-order valence-electron chi connectivity index (χ0n) is 11.1. The van der Waals surface area contributed by atoms with Crippen molar-refractivity contribution in [2.24, 2.45) is 0 Å². The lowest BCUT2D eigenvalue weighted by Gasteiger charge is -2.18. The minimum Gasteiger partial charge on any atom is -0.313 e. The van der Waals surface area contributed by atoms with Crippen molar-refractivity contribution in [1.82, 2.24) is 5.32 Å². The van der Waals surface area contributed by atoms with Gasteiger partial charge in [-0.3, -0.25) is 0 Å². The molecule has 0 radical (unpaired) electrons. The monoisotopic (exact) mass is 291 g/mol. The lowest BCUT2D eigenvalue weighted by atomic mass is 10.1. The molecule has 0 bridgehead atoms. The molecule has 1 unspecified atom stereocenters. The van der Waals surface area contributed by atoms with Gasteiger partial charge in [-0.1, -0.05) is 19.1 Å². The second-order valence-corrected chi connectivity index (χ2v) is 6.85. The number of hydrogen-bond acceptors (Lipinski definition) is 3. The number of nitrogens with one attached hydrogen (secondary N) is 1. The van der Waals surface area contributed by atoms with E-state index in [0.717, 1.165) is 18.7 Å². The van der Waals surface area contributed by atoms with Crippen molar-refractivity contribution in [3.8, 4) is 0 Å². The van der Waals surface area contributed by atoms with Crippen LogP contribution >= 0.6 is 0 Å². The molecule has 6 heteroatoms. The van der Waals surface area contributed by atoms with E-state index in [4.69, 9.17) is 0 Å².